The number of thiophene rings is 1. The summed E-state index contributed by atoms with van der Waals surface area (Å²) in [4.78, 5) is 24.2. The number of carboxylic acid groups (broad SMARTS) is 1. The molecule has 1 aromatic heterocycles. The molecule has 0 spiro atoms. The number of benzene rings is 1. The SMILES string of the molecule is Cc1ccc(C(=O)Nc2sc(C)c(C)c2C(=O)O)cc1F. The van der Waals surface area contributed by atoms with Crippen LogP contribution in [-0.4, -0.2) is 17.0 Å². The van der Waals surface area contributed by atoms with E-state index in [2.05, 4.69) is 5.32 Å². The van der Waals surface area contributed by atoms with Gasteiger partial charge in [0.1, 0.15) is 10.8 Å². The third-order valence-electron chi connectivity index (χ3n) is 3.26. The molecule has 6 heteroatoms. The normalized spacial score (nSPS) is 10.5. The van der Waals surface area contributed by atoms with Gasteiger partial charge in [0.15, 0.2) is 0 Å². The molecule has 2 aromatic rings. The highest BCUT2D eigenvalue weighted by Gasteiger charge is 2.21. The van der Waals surface area contributed by atoms with Crippen LogP contribution in [0, 0.1) is 26.6 Å². The van der Waals surface area contributed by atoms with Gasteiger partial charge in [-0.2, -0.15) is 0 Å². The zero-order valence-corrected chi connectivity index (χ0v) is 12.6. The van der Waals surface area contributed by atoms with Crippen molar-refractivity contribution in [2.45, 2.75) is 20.8 Å². The molecule has 1 amide bonds. The molecule has 1 aromatic carbocycles. The number of carbonyl (C=O) groups excluding carboxylic acids is 1. The van der Waals surface area contributed by atoms with Crippen LogP contribution in [0.15, 0.2) is 18.2 Å². The molecule has 110 valence electrons. The van der Waals surface area contributed by atoms with Crippen molar-refractivity contribution in [2.24, 2.45) is 0 Å². The molecule has 0 bridgehead atoms. The van der Waals surface area contributed by atoms with Crippen molar-refractivity contribution < 1.29 is 19.1 Å². The standard InChI is InChI=1S/C15H14FNO3S/c1-7-4-5-10(6-11(7)16)13(18)17-14-12(15(19)20)8(2)9(3)21-14/h4-6H,1-3H3,(H,17,18)(H,19,20). The second-order valence-electron chi connectivity index (χ2n) is 4.71. The molecule has 0 radical (unpaired) electrons. The fraction of sp³-hybridized carbons (Fsp3) is 0.200. The topological polar surface area (TPSA) is 66.4 Å². The van der Waals surface area contributed by atoms with Gasteiger partial charge in [-0.05, 0) is 44.0 Å². The average Bonchev–Trinajstić information content (AvgIpc) is 2.68. The van der Waals surface area contributed by atoms with Crippen LogP contribution in [0.4, 0.5) is 9.39 Å². The lowest BCUT2D eigenvalue weighted by Gasteiger charge is -2.05. The maximum absolute atomic E-state index is 13.5. The van der Waals surface area contributed by atoms with Crippen molar-refractivity contribution >= 4 is 28.2 Å². The van der Waals surface area contributed by atoms with E-state index in [1.165, 1.54) is 23.5 Å². The summed E-state index contributed by atoms with van der Waals surface area (Å²) in [6.07, 6.45) is 0. The number of rotatable bonds is 3. The van der Waals surface area contributed by atoms with Crippen molar-refractivity contribution in [2.75, 3.05) is 5.32 Å². The van der Waals surface area contributed by atoms with E-state index in [-0.39, 0.29) is 16.1 Å². The Morgan fingerprint density at radius 1 is 1.24 bits per heavy atom. The first-order chi connectivity index (χ1) is 9.81. The summed E-state index contributed by atoms with van der Waals surface area (Å²) >= 11 is 1.19. The molecule has 1 heterocycles. The Kier molecular flexibility index (Phi) is 4.09. The van der Waals surface area contributed by atoms with Crippen LogP contribution >= 0.6 is 11.3 Å². The summed E-state index contributed by atoms with van der Waals surface area (Å²) in [5.41, 5.74) is 1.30. The molecule has 0 fully saturated rings. The summed E-state index contributed by atoms with van der Waals surface area (Å²) in [6.45, 7) is 5.08. The Morgan fingerprint density at radius 2 is 1.90 bits per heavy atom. The first-order valence-corrected chi connectivity index (χ1v) is 7.03. The van der Waals surface area contributed by atoms with E-state index in [1.807, 2.05) is 0 Å². The van der Waals surface area contributed by atoms with Gasteiger partial charge in [-0.3, -0.25) is 4.79 Å². The molecular formula is C15H14FNO3S. The maximum atomic E-state index is 13.5. The zero-order valence-electron chi connectivity index (χ0n) is 11.8. The van der Waals surface area contributed by atoms with Crippen molar-refractivity contribution in [3.63, 3.8) is 0 Å². The third-order valence-corrected chi connectivity index (χ3v) is 4.38. The van der Waals surface area contributed by atoms with Crippen molar-refractivity contribution in [3.8, 4) is 0 Å². The molecule has 4 nitrogen and oxygen atoms in total. The summed E-state index contributed by atoms with van der Waals surface area (Å²) in [5, 5.41) is 12.0. The largest absolute Gasteiger partial charge is 0.478 e. The van der Waals surface area contributed by atoms with Crippen molar-refractivity contribution in [3.05, 3.63) is 51.1 Å². The molecule has 0 unspecified atom stereocenters. The van der Waals surface area contributed by atoms with Gasteiger partial charge in [-0.25, -0.2) is 9.18 Å². The number of hydrogen-bond donors (Lipinski definition) is 2. The van der Waals surface area contributed by atoms with Gasteiger partial charge >= 0.3 is 5.97 Å². The second kappa shape index (κ2) is 5.65. The van der Waals surface area contributed by atoms with E-state index in [9.17, 15) is 19.1 Å². The molecule has 0 aliphatic heterocycles. The maximum Gasteiger partial charge on any atom is 0.338 e. The molecule has 0 saturated heterocycles. The van der Waals surface area contributed by atoms with Crippen LogP contribution in [0.25, 0.3) is 0 Å². The van der Waals surface area contributed by atoms with Gasteiger partial charge in [0.05, 0.1) is 5.56 Å². The number of nitrogens with one attached hydrogen (secondary N) is 1. The Morgan fingerprint density at radius 3 is 2.48 bits per heavy atom. The summed E-state index contributed by atoms with van der Waals surface area (Å²) in [7, 11) is 0. The number of aromatic carboxylic acids is 1. The molecule has 2 N–H and O–H groups in total. The number of anilines is 1. The average molecular weight is 307 g/mol. The van der Waals surface area contributed by atoms with Gasteiger partial charge in [0, 0.05) is 10.4 Å². The number of halogens is 1. The minimum atomic E-state index is -1.10. The second-order valence-corrected chi connectivity index (χ2v) is 5.94. The van der Waals surface area contributed by atoms with Gasteiger partial charge in [0.2, 0.25) is 0 Å². The van der Waals surface area contributed by atoms with Crippen LogP contribution in [0.5, 0.6) is 0 Å². The smallest absolute Gasteiger partial charge is 0.338 e. The van der Waals surface area contributed by atoms with Crippen LogP contribution in [-0.2, 0) is 0 Å². The highest BCUT2D eigenvalue weighted by Crippen LogP contribution is 2.32. The third kappa shape index (κ3) is 2.95. The minimum Gasteiger partial charge on any atom is -0.478 e. The predicted octanol–water partition coefficient (Wildman–Crippen LogP) is 3.76. The van der Waals surface area contributed by atoms with Crippen molar-refractivity contribution in [1.82, 2.24) is 0 Å². The predicted molar refractivity (Wildman–Crippen MR) is 79.8 cm³/mol. The van der Waals surface area contributed by atoms with E-state index >= 15 is 0 Å². The molecule has 0 saturated carbocycles. The van der Waals surface area contributed by atoms with Crippen LogP contribution in [0.1, 0.15) is 36.7 Å². The van der Waals surface area contributed by atoms with E-state index in [0.717, 1.165) is 10.9 Å². The van der Waals surface area contributed by atoms with Crippen molar-refractivity contribution in [1.29, 1.82) is 0 Å². The Bertz CT molecular complexity index is 737. The fourth-order valence-corrected chi connectivity index (χ4v) is 2.93. The Labute approximate surface area is 125 Å². The highest BCUT2D eigenvalue weighted by atomic mass is 32.1. The molecule has 2 rings (SSSR count). The minimum absolute atomic E-state index is 0.0819. The van der Waals surface area contributed by atoms with E-state index in [0.29, 0.717) is 11.1 Å². The quantitative estimate of drug-likeness (QED) is 0.907. The van der Waals surface area contributed by atoms with E-state index < -0.39 is 17.7 Å². The Balaban J connectivity index is 2.33. The van der Waals surface area contributed by atoms with Gasteiger partial charge in [0.25, 0.3) is 5.91 Å². The lowest BCUT2D eigenvalue weighted by atomic mass is 10.1. The zero-order chi connectivity index (χ0) is 15.7. The number of carboxylic acids is 1. The number of hydrogen-bond acceptors (Lipinski definition) is 3. The first kappa shape index (κ1) is 15.2. The molecule has 0 aliphatic rings. The monoisotopic (exact) mass is 307 g/mol. The van der Waals surface area contributed by atoms with Gasteiger partial charge in [-0.1, -0.05) is 6.07 Å². The fourth-order valence-electron chi connectivity index (χ4n) is 1.88. The molecule has 0 aliphatic carbocycles. The molecular weight excluding hydrogens is 293 g/mol. The summed E-state index contributed by atoms with van der Waals surface area (Å²) in [5.74, 6) is -2.10. The summed E-state index contributed by atoms with van der Waals surface area (Å²) < 4.78 is 13.5. The molecule has 0 atom stereocenters. The lowest BCUT2D eigenvalue weighted by molar-refractivity contribution is 0.0697. The van der Waals surface area contributed by atoms with E-state index in [4.69, 9.17) is 0 Å². The number of aryl methyl sites for hydroxylation is 2. The lowest BCUT2D eigenvalue weighted by Crippen LogP contribution is -2.14. The number of carbonyl (C=O) groups is 2. The highest BCUT2D eigenvalue weighted by molar-refractivity contribution is 7.16. The Hall–Kier alpha value is -2.21. The number of amides is 1. The van der Waals surface area contributed by atoms with Crippen LogP contribution < -0.4 is 5.32 Å². The van der Waals surface area contributed by atoms with Gasteiger partial charge < -0.3 is 10.4 Å². The van der Waals surface area contributed by atoms with E-state index in [1.54, 1.807) is 20.8 Å². The van der Waals surface area contributed by atoms with Gasteiger partial charge in [-0.15, -0.1) is 11.3 Å². The van der Waals surface area contributed by atoms with Crippen LogP contribution in [0.3, 0.4) is 0 Å². The summed E-state index contributed by atoms with van der Waals surface area (Å²) in [6, 6.07) is 4.15. The molecule has 21 heavy (non-hydrogen) atoms. The first-order valence-electron chi connectivity index (χ1n) is 6.22. The van der Waals surface area contributed by atoms with Crippen LogP contribution in [0.2, 0.25) is 0 Å².